The zero-order chi connectivity index (χ0) is 15.5. The first-order chi connectivity index (χ1) is 10.6. The Morgan fingerprint density at radius 2 is 1.91 bits per heavy atom. The summed E-state index contributed by atoms with van der Waals surface area (Å²) in [7, 11) is 0. The Morgan fingerprint density at radius 1 is 1.09 bits per heavy atom. The van der Waals surface area contributed by atoms with E-state index >= 15 is 0 Å². The maximum Gasteiger partial charge on any atom is 0.233 e. The van der Waals surface area contributed by atoms with Crippen molar-refractivity contribution in [3.63, 3.8) is 0 Å². The zero-order valence-corrected chi connectivity index (χ0v) is 13.0. The highest BCUT2D eigenvalue weighted by atomic mass is 16.5. The lowest BCUT2D eigenvalue weighted by molar-refractivity contribution is 0.371. The van der Waals surface area contributed by atoms with Crippen LogP contribution in [0.4, 0.5) is 0 Å². The van der Waals surface area contributed by atoms with Crippen molar-refractivity contribution in [2.24, 2.45) is 5.92 Å². The molecular formula is C17H19N3O2. The van der Waals surface area contributed by atoms with Crippen LogP contribution in [0, 0.1) is 12.8 Å². The van der Waals surface area contributed by atoms with E-state index in [0.717, 1.165) is 23.4 Å². The molecule has 22 heavy (non-hydrogen) atoms. The largest absolute Gasteiger partial charge is 0.361 e. The normalized spacial score (nSPS) is 11.3. The second-order valence-electron chi connectivity index (χ2n) is 5.87. The van der Waals surface area contributed by atoms with Crippen molar-refractivity contribution in [1.82, 2.24) is 15.3 Å². The van der Waals surface area contributed by atoms with Gasteiger partial charge in [-0.3, -0.25) is 0 Å². The molecule has 3 rings (SSSR count). The molecule has 0 N–H and O–H groups in total. The van der Waals surface area contributed by atoms with Crippen LogP contribution >= 0.6 is 0 Å². The fraction of sp³-hybridized carbons (Fsp3) is 0.353. The first kappa shape index (κ1) is 14.5. The molecule has 0 saturated heterocycles. The van der Waals surface area contributed by atoms with Gasteiger partial charge in [-0.1, -0.05) is 48.4 Å². The molecular weight excluding hydrogens is 278 g/mol. The summed E-state index contributed by atoms with van der Waals surface area (Å²) < 4.78 is 10.4. The van der Waals surface area contributed by atoms with Crippen LogP contribution in [0.25, 0.3) is 11.4 Å². The number of aryl methyl sites for hydroxylation is 1. The van der Waals surface area contributed by atoms with Crippen molar-refractivity contribution in [1.29, 1.82) is 0 Å². The van der Waals surface area contributed by atoms with Crippen LogP contribution in [0.1, 0.15) is 36.8 Å². The summed E-state index contributed by atoms with van der Waals surface area (Å²) in [4.78, 5) is 4.49. The van der Waals surface area contributed by atoms with E-state index in [1.54, 1.807) is 0 Å². The Bertz CT molecular complexity index is 759. The lowest BCUT2D eigenvalue weighted by Gasteiger charge is -2.08. The van der Waals surface area contributed by atoms with Crippen molar-refractivity contribution >= 4 is 0 Å². The lowest BCUT2D eigenvalue weighted by atomic mass is 9.98. The van der Waals surface area contributed by atoms with Gasteiger partial charge in [-0.2, -0.15) is 4.98 Å². The topological polar surface area (TPSA) is 65.0 Å². The Hall–Kier alpha value is -2.43. The van der Waals surface area contributed by atoms with Crippen molar-refractivity contribution in [2.75, 3.05) is 0 Å². The molecule has 0 fully saturated rings. The van der Waals surface area contributed by atoms with Crippen molar-refractivity contribution < 1.29 is 9.05 Å². The van der Waals surface area contributed by atoms with Gasteiger partial charge in [0.15, 0.2) is 0 Å². The van der Waals surface area contributed by atoms with Gasteiger partial charge in [0.1, 0.15) is 5.76 Å². The summed E-state index contributed by atoms with van der Waals surface area (Å²) in [6, 6.07) is 10.1. The average molecular weight is 297 g/mol. The van der Waals surface area contributed by atoms with Crippen LogP contribution in [0.2, 0.25) is 0 Å². The first-order valence-corrected chi connectivity index (χ1v) is 7.45. The number of hydrogen-bond acceptors (Lipinski definition) is 5. The van der Waals surface area contributed by atoms with Crippen LogP contribution in [0.15, 0.2) is 39.4 Å². The number of nitrogens with zero attached hydrogens (tertiary/aromatic N) is 3. The van der Waals surface area contributed by atoms with Gasteiger partial charge in [0.05, 0.1) is 12.1 Å². The zero-order valence-electron chi connectivity index (χ0n) is 13.0. The summed E-state index contributed by atoms with van der Waals surface area (Å²) >= 11 is 0. The fourth-order valence-electron chi connectivity index (χ4n) is 2.45. The van der Waals surface area contributed by atoms with E-state index in [1.807, 2.05) is 31.2 Å². The van der Waals surface area contributed by atoms with E-state index in [1.165, 1.54) is 5.56 Å². The quantitative estimate of drug-likeness (QED) is 0.716. The molecule has 2 heterocycles. The smallest absolute Gasteiger partial charge is 0.233 e. The molecule has 0 aliphatic heterocycles. The van der Waals surface area contributed by atoms with Crippen molar-refractivity contribution in [3.05, 3.63) is 53.2 Å². The van der Waals surface area contributed by atoms with E-state index in [0.29, 0.717) is 24.1 Å². The molecule has 0 amide bonds. The van der Waals surface area contributed by atoms with E-state index in [-0.39, 0.29) is 0 Å². The van der Waals surface area contributed by atoms with E-state index in [4.69, 9.17) is 9.05 Å². The molecule has 0 saturated carbocycles. The molecule has 0 aliphatic rings. The predicted molar refractivity (Wildman–Crippen MR) is 82.3 cm³/mol. The fourth-order valence-corrected chi connectivity index (χ4v) is 2.45. The van der Waals surface area contributed by atoms with Gasteiger partial charge in [0, 0.05) is 11.6 Å². The van der Waals surface area contributed by atoms with Gasteiger partial charge in [-0.05, 0) is 24.8 Å². The van der Waals surface area contributed by atoms with Crippen LogP contribution in [-0.2, 0) is 12.8 Å². The molecule has 1 aromatic carbocycles. The summed E-state index contributed by atoms with van der Waals surface area (Å²) in [6.07, 6.45) is 1.47. The maximum atomic E-state index is 5.35. The van der Waals surface area contributed by atoms with Crippen LogP contribution < -0.4 is 0 Å². The van der Waals surface area contributed by atoms with E-state index in [2.05, 4.69) is 35.2 Å². The highest BCUT2D eigenvalue weighted by molar-refractivity contribution is 5.59. The van der Waals surface area contributed by atoms with E-state index < -0.39 is 0 Å². The number of aromatic nitrogens is 3. The van der Waals surface area contributed by atoms with Gasteiger partial charge in [0.25, 0.3) is 0 Å². The van der Waals surface area contributed by atoms with Gasteiger partial charge in [-0.25, -0.2) is 0 Å². The standard InChI is InChI=1S/C17H19N3O2/c1-11(2)8-13-6-4-5-7-15(13)17-18-16(22-20-17)10-14-9-12(3)21-19-14/h4-7,9,11H,8,10H2,1-3H3. The second-order valence-corrected chi connectivity index (χ2v) is 5.87. The number of rotatable bonds is 5. The first-order valence-electron chi connectivity index (χ1n) is 7.45. The molecule has 0 atom stereocenters. The predicted octanol–water partition coefficient (Wildman–Crippen LogP) is 3.82. The molecule has 0 unspecified atom stereocenters. The highest BCUT2D eigenvalue weighted by Crippen LogP contribution is 2.23. The third-order valence-corrected chi connectivity index (χ3v) is 3.36. The third kappa shape index (κ3) is 3.24. The Kier molecular flexibility index (Phi) is 4.04. The Labute approximate surface area is 129 Å². The highest BCUT2D eigenvalue weighted by Gasteiger charge is 2.14. The molecule has 0 aliphatic carbocycles. The van der Waals surface area contributed by atoms with Gasteiger partial charge in [0.2, 0.25) is 11.7 Å². The molecule has 2 aromatic heterocycles. The average Bonchev–Trinajstić information content (AvgIpc) is 3.09. The lowest BCUT2D eigenvalue weighted by Crippen LogP contribution is -1.97. The summed E-state index contributed by atoms with van der Waals surface area (Å²) in [5.41, 5.74) is 3.06. The molecule has 0 bridgehead atoms. The Morgan fingerprint density at radius 3 is 2.64 bits per heavy atom. The van der Waals surface area contributed by atoms with Crippen molar-refractivity contribution in [2.45, 2.75) is 33.6 Å². The molecule has 5 heteroatoms. The number of benzene rings is 1. The molecule has 114 valence electrons. The molecule has 0 radical (unpaired) electrons. The SMILES string of the molecule is Cc1cc(Cc2nc(-c3ccccc3CC(C)C)no2)no1. The minimum atomic E-state index is 0.483. The Balaban J connectivity index is 1.84. The van der Waals surface area contributed by atoms with Gasteiger partial charge < -0.3 is 9.05 Å². The minimum Gasteiger partial charge on any atom is -0.361 e. The molecule has 3 aromatic rings. The maximum absolute atomic E-state index is 5.35. The van der Waals surface area contributed by atoms with Crippen LogP contribution in [-0.4, -0.2) is 15.3 Å². The van der Waals surface area contributed by atoms with E-state index in [9.17, 15) is 0 Å². The molecule has 5 nitrogen and oxygen atoms in total. The summed E-state index contributed by atoms with van der Waals surface area (Å²) in [6.45, 7) is 6.26. The van der Waals surface area contributed by atoms with Gasteiger partial charge in [-0.15, -0.1) is 0 Å². The number of hydrogen-bond donors (Lipinski definition) is 0. The monoisotopic (exact) mass is 297 g/mol. The summed E-state index contributed by atoms with van der Waals surface area (Å²) in [5.74, 6) is 2.52. The van der Waals surface area contributed by atoms with Crippen LogP contribution in [0.5, 0.6) is 0 Å². The minimum absolute atomic E-state index is 0.483. The third-order valence-electron chi connectivity index (χ3n) is 3.36. The second kappa shape index (κ2) is 6.13. The molecule has 0 spiro atoms. The summed E-state index contributed by atoms with van der Waals surface area (Å²) in [5, 5.41) is 8.06. The van der Waals surface area contributed by atoms with Crippen LogP contribution in [0.3, 0.4) is 0 Å². The van der Waals surface area contributed by atoms with Crippen molar-refractivity contribution in [3.8, 4) is 11.4 Å². The van der Waals surface area contributed by atoms with Gasteiger partial charge >= 0.3 is 0 Å².